The van der Waals surface area contributed by atoms with Crippen LogP contribution in [-0.4, -0.2) is 29.9 Å². The molecular formula is C14H27N3O2S. The van der Waals surface area contributed by atoms with Gasteiger partial charge in [0.1, 0.15) is 0 Å². The lowest BCUT2D eigenvalue weighted by Gasteiger charge is -2.28. The van der Waals surface area contributed by atoms with E-state index in [1.807, 2.05) is 27.7 Å². The van der Waals surface area contributed by atoms with Crippen molar-refractivity contribution < 1.29 is 9.59 Å². The summed E-state index contributed by atoms with van der Waals surface area (Å²) in [5.74, 6) is 0.163. The second kappa shape index (κ2) is 8.89. The monoisotopic (exact) mass is 301 g/mol. The first-order valence-corrected chi connectivity index (χ1v) is 7.55. The highest BCUT2D eigenvalue weighted by molar-refractivity contribution is 7.80. The number of carbonyl (C=O) groups excluding carboxylic acids is 2. The summed E-state index contributed by atoms with van der Waals surface area (Å²) in [6.07, 6.45) is 1.38. The zero-order valence-corrected chi connectivity index (χ0v) is 13.7. The van der Waals surface area contributed by atoms with Crippen LogP contribution in [0.2, 0.25) is 0 Å². The molecule has 20 heavy (non-hydrogen) atoms. The van der Waals surface area contributed by atoms with Gasteiger partial charge in [0, 0.05) is 19.5 Å². The fraction of sp³-hybridized carbons (Fsp3) is 0.786. The molecule has 0 aliphatic heterocycles. The van der Waals surface area contributed by atoms with Crippen LogP contribution in [0.4, 0.5) is 0 Å². The van der Waals surface area contributed by atoms with E-state index in [0.29, 0.717) is 31.8 Å². The Balaban J connectivity index is 4.28. The number of thiocarbonyl (C=S) groups is 1. The molecule has 0 aliphatic rings. The summed E-state index contributed by atoms with van der Waals surface area (Å²) in [4.78, 5) is 24.0. The van der Waals surface area contributed by atoms with Gasteiger partial charge in [-0.15, -0.1) is 0 Å². The first kappa shape index (κ1) is 18.8. The minimum atomic E-state index is -0.802. The number of hydrogen-bond acceptors (Lipinski definition) is 3. The Kier molecular flexibility index (Phi) is 8.37. The van der Waals surface area contributed by atoms with Gasteiger partial charge in [0.05, 0.1) is 10.4 Å². The van der Waals surface area contributed by atoms with Crippen molar-refractivity contribution in [1.29, 1.82) is 0 Å². The Hall–Kier alpha value is -1.17. The molecular weight excluding hydrogens is 274 g/mol. The van der Waals surface area contributed by atoms with Gasteiger partial charge in [-0.3, -0.25) is 9.59 Å². The van der Waals surface area contributed by atoms with Gasteiger partial charge >= 0.3 is 0 Å². The summed E-state index contributed by atoms with van der Waals surface area (Å²) in [7, 11) is 0. The van der Waals surface area contributed by atoms with Gasteiger partial charge in [0.15, 0.2) is 0 Å². The Morgan fingerprint density at radius 1 is 1.20 bits per heavy atom. The molecule has 0 spiro atoms. The number of nitrogens with one attached hydrogen (secondary N) is 2. The molecule has 0 fully saturated rings. The van der Waals surface area contributed by atoms with Crippen LogP contribution in [0.1, 0.15) is 47.0 Å². The number of hydrogen-bond donors (Lipinski definition) is 3. The molecule has 5 nitrogen and oxygen atoms in total. The molecule has 0 rings (SSSR count). The quantitative estimate of drug-likeness (QED) is 0.561. The van der Waals surface area contributed by atoms with Gasteiger partial charge in [0.2, 0.25) is 11.8 Å². The molecule has 0 bridgehead atoms. The van der Waals surface area contributed by atoms with Crippen LogP contribution in [0.3, 0.4) is 0 Å². The second-order valence-corrected chi connectivity index (χ2v) is 5.80. The van der Waals surface area contributed by atoms with Crippen LogP contribution in [0.5, 0.6) is 0 Å². The van der Waals surface area contributed by atoms with E-state index in [2.05, 4.69) is 10.6 Å². The average molecular weight is 301 g/mol. The van der Waals surface area contributed by atoms with E-state index in [-0.39, 0.29) is 23.2 Å². The minimum Gasteiger partial charge on any atom is -0.392 e. The summed E-state index contributed by atoms with van der Waals surface area (Å²) >= 11 is 5.01. The zero-order valence-electron chi connectivity index (χ0n) is 12.9. The first-order valence-electron chi connectivity index (χ1n) is 7.15. The van der Waals surface area contributed by atoms with Crippen LogP contribution >= 0.6 is 12.2 Å². The molecule has 6 heteroatoms. The molecule has 0 atom stereocenters. The van der Waals surface area contributed by atoms with Gasteiger partial charge in [-0.05, 0) is 18.8 Å². The molecule has 0 aromatic heterocycles. The van der Waals surface area contributed by atoms with Crippen molar-refractivity contribution in [3.63, 3.8) is 0 Å². The summed E-state index contributed by atoms with van der Waals surface area (Å²) in [5, 5.41) is 5.56. The predicted molar refractivity (Wildman–Crippen MR) is 85.3 cm³/mol. The van der Waals surface area contributed by atoms with E-state index >= 15 is 0 Å². The summed E-state index contributed by atoms with van der Waals surface area (Å²) in [6.45, 7) is 8.78. The number of carbonyl (C=O) groups is 2. The van der Waals surface area contributed by atoms with Crippen molar-refractivity contribution in [3.8, 4) is 0 Å². The highest BCUT2D eigenvalue weighted by atomic mass is 32.1. The van der Waals surface area contributed by atoms with Gasteiger partial charge in [0.25, 0.3) is 0 Å². The molecule has 0 saturated carbocycles. The number of rotatable bonds is 9. The maximum absolute atomic E-state index is 12.2. The smallest absolute Gasteiger partial charge is 0.233 e. The molecule has 0 radical (unpaired) electrons. The van der Waals surface area contributed by atoms with E-state index in [1.165, 1.54) is 0 Å². The molecule has 0 aliphatic carbocycles. The number of nitrogens with two attached hydrogens (primary N) is 1. The Morgan fingerprint density at radius 2 is 1.75 bits per heavy atom. The van der Waals surface area contributed by atoms with E-state index in [9.17, 15) is 9.59 Å². The Bertz CT molecular complexity index is 352. The average Bonchev–Trinajstić information content (AvgIpc) is 2.38. The van der Waals surface area contributed by atoms with Crippen molar-refractivity contribution in [2.45, 2.75) is 47.0 Å². The fourth-order valence-electron chi connectivity index (χ4n) is 1.90. The first-order chi connectivity index (χ1) is 9.30. The summed E-state index contributed by atoms with van der Waals surface area (Å²) in [6, 6.07) is 0. The van der Waals surface area contributed by atoms with E-state index in [0.717, 1.165) is 0 Å². The van der Waals surface area contributed by atoms with Crippen LogP contribution in [0, 0.1) is 11.3 Å². The highest BCUT2D eigenvalue weighted by Crippen LogP contribution is 2.27. The maximum Gasteiger partial charge on any atom is 0.233 e. The number of amides is 2. The third-order valence-corrected chi connectivity index (χ3v) is 3.85. The van der Waals surface area contributed by atoms with Gasteiger partial charge in [-0.2, -0.15) is 0 Å². The maximum atomic E-state index is 12.2. The largest absolute Gasteiger partial charge is 0.392 e. The van der Waals surface area contributed by atoms with Gasteiger partial charge < -0.3 is 16.4 Å². The van der Waals surface area contributed by atoms with Crippen molar-refractivity contribution in [2.75, 3.05) is 13.1 Å². The molecule has 0 heterocycles. The van der Waals surface area contributed by atoms with E-state index in [1.54, 1.807) is 0 Å². The minimum absolute atomic E-state index is 0.0621. The highest BCUT2D eigenvalue weighted by Gasteiger charge is 2.37. The van der Waals surface area contributed by atoms with Gasteiger partial charge in [-0.1, -0.05) is 39.9 Å². The van der Waals surface area contributed by atoms with Crippen molar-refractivity contribution >= 4 is 29.0 Å². The molecule has 0 unspecified atom stereocenters. The molecule has 0 saturated heterocycles. The Labute approximate surface area is 127 Å². The normalized spacial score (nSPS) is 11.2. The zero-order chi connectivity index (χ0) is 15.8. The standard InChI is InChI=1S/C14H27N3O2S/c1-5-14(6-2,12(15)20)13(19)16-8-7-11(18)17-9-10(3)4/h10H,5-9H2,1-4H3,(H2,15,20)(H,16,19)(H,17,18). The lowest BCUT2D eigenvalue weighted by atomic mass is 9.81. The fourth-order valence-corrected chi connectivity index (χ4v) is 2.28. The summed E-state index contributed by atoms with van der Waals surface area (Å²) in [5.41, 5.74) is 4.90. The predicted octanol–water partition coefficient (Wildman–Crippen LogP) is 1.36. The molecule has 116 valence electrons. The molecule has 0 aromatic rings. The van der Waals surface area contributed by atoms with Crippen LogP contribution < -0.4 is 16.4 Å². The Morgan fingerprint density at radius 3 is 2.15 bits per heavy atom. The van der Waals surface area contributed by atoms with Crippen molar-refractivity contribution in [1.82, 2.24) is 10.6 Å². The van der Waals surface area contributed by atoms with Crippen molar-refractivity contribution in [3.05, 3.63) is 0 Å². The van der Waals surface area contributed by atoms with Crippen molar-refractivity contribution in [2.24, 2.45) is 17.1 Å². The topological polar surface area (TPSA) is 84.2 Å². The lowest BCUT2D eigenvalue weighted by Crippen LogP contribution is -2.48. The van der Waals surface area contributed by atoms with Crippen LogP contribution in [-0.2, 0) is 9.59 Å². The molecule has 0 aromatic carbocycles. The van der Waals surface area contributed by atoms with E-state index in [4.69, 9.17) is 18.0 Å². The third-order valence-electron chi connectivity index (χ3n) is 3.46. The van der Waals surface area contributed by atoms with Crippen LogP contribution in [0.25, 0.3) is 0 Å². The lowest BCUT2D eigenvalue weighted by molar-refractivity contribution is -0.128. The molecule has 2 amide bonds. The SMILES string of the molecule is CCC(CC)(C(=O)NCCC(=O)NCC(C)C)C(N)=S. The van der Waals surface area contributed by atoms with Crippen LogP contribution in [0.15, 0.2) is 0 Å². The van der Waals surface area contributed by atoms with Gasteiger partial charge in [-0.25, -0.2) is 0 Å². The second-order valence-electron chi connectivity index (χ2n) is 5.36. The molecule has 4 N–H and O–H groups in total. The third kappa shape index (κ3) is 5.45. The summed E-state index contributed by atoms with van der Waals surface area (Å²) < 4.78 is 0. The van der Waals surface area contributed by atoms with E-state index < -0.39 is 5.41 Å².